The first kappa shape index (κ1) is 18.9. The van der Waals surface area contributed by atoms with E-state index in [0.29, 0.717) is 28.5 Å². The highest BCUT2D eigenvalue weighted by atomic mass is 35.5. The van der Waals surface area contributed by atoms with Crippen LogP contribution in [0.1, 0.15) is 19.1 Å². The Balaban J connectivity index is 1.63. The summed E-state index contributed by atoms with van der Waals surface area (Å²) in [6.45, 7) is 3.43. The number of anilines is 1. The molecule has 9 heteroatoms. The molecule has 27 heavy (non-hydrogen) atoms. The van der Waals surface area contributed by atoms with Gasteiger partial charge in [0.25, 0.3) is 0 Å². The molecule has 2 aliphatic heterocycles. The van der Waals surface area contributed by atoms with Crippen LogP contribution in [-0.4, -0.2) is 80.9 Å². The summed E-state index contributed by atoms with van der Waals surface area (Å²) in [5.74, 6) is 0.520. The van der Waals surface area contributed by atoms with Crippen LogP contribution in [-0.2, 0) is 4.74 Å². The first-order chi connectivity index (χ1) is 13.1. The zero-order valence-corrected chi connectivity index (χ0v) is 15.7. The lowest BCUT2D eigenvalue weighted by Crippen LogP contribution is -2.33. The van der Waals surface area contributed by atoms with Gasteiger partial charge in [0, 0.05) is 13.1 Å². The monoisotopic (exact) mass is 396 g/mol. The molecule has 1 aromatic heterocycles. The summed E-state index contributed by atoms with van der Waals surface area (Å²) in [7, 11) is 0. The van der Waals surface area contributed by atoms with Crippen LogP contribution in [0.3, 0.4) is 0 Å². The number of nitrogens with one attached hydrogen (secondary N) is 1. The van der Waals surface area contributed by atoms with Crippen molar-refractivity contribution < 1.29 is 20.1 Å². The quantitative estimate of drug-likeness (QED) is 0.573. The van der Waals surface area contributed by atoms with Crippen molar-refractivity contribution in [2.45, 2.75) is 37.4 Å². The fourth-order valence-corrected chi connectivity index (χ4v) is 4.10. The van der Waals surface area contributed by atoms with E-state index in [-0.39, 0.29) is 6.61 Å². The highest BCUT2D eigenvalue weighted by Crippen LogP contribution is 2.36. The summed E-state index contributed by atoms with van der Waals surface area (Å²) < 4.78 is 7.44. The third kappa shape index (κ3) is 3.53. The average molecular weight is 397 g/mol. The van der Waals surface area contributed by atoms with Gasteiger partial charge in [-0.2, -0.15) is 0 Å². The number of rotatable bonds is 6. The Morgan fingerprint density at radius 3 is 2.70 bits per heavy atom. The molecule has 0 unspecified atom stereocenters. The second-order valence-electron chi connectivity index (χ2n) is 7.12. The van der Waals surface area contributed by atoms with E-state index < -0.39 is 24.5 Å². The van der Waals surface area contributed by atoms with Crippen molar-refractivity contribution in [2.75, 3.05) is 38.1 Å². The van der Waals surface area contributed by atoms with Crippen LogP contribution in [0.15, 0.2) is 18.2 Å². The Bertz CT molecular complexity index is 795. The Hall–Kier alpha value is -1.42. The number of hydrogen-bond donors (Lipinski definition) is 4. The van der Waals surface area contributed by atoms with Gasteiger partial charge in [0.05, 0.1) is 17.1 Å². The number of hydrogen-bond acceptors (Lipinski definition) is 7. The van der Waals surface area contributed by atoms with E-state index in [4.69, 9.17) is 16.3 Å². The molecule has 0 aliphatic carbocycles. The molecule has 0 amide bonds. The van der Waals surface area contributed by atoms with Gasteiger partial charge in [0.1, 0.15) is 23.8 Å². The van der Waals surface area contributed by atoms with Gasteiger partial charge in [0.15, 0.2) is 6.23 Å². The largest absolute Gasteiger partial charge is 0.394 e. The van der Waals surface area contributed by atoms with Gasteiger partial charge in [-0.15, -0.1) is 0 Å². The zero-order chi connectivity index (χ0) is 19.0. The first-order valence-electron chi connectivity index (χ1n) is 9.35. The van der Waals surface area contributed by atoms with Crippen molar-refractivity contribution >= 4 is 28.6 Å². The van der Waals surface area contributed by atoms with E-state index in [9.17, 15) is 15.3 Å². The Labute approximate surface area is 162 Å². The van der Waals surface area contributed by atoms with Gasteiger partial charge in [0.2, 0.25) is 5.95 Å². The van der Waals surface area contributed by atoms with Crippen molar-refractivity contribution in [2.24, 2.45) is 0 Å². The summed E-state index contributed by atoms with van der Waals surface area (Å²) in [4.78, 5) is 6.99. The number of benzene rings is 1. The molecule has 2 saturated heterocycles. The standard InChI is InChI=1S/C18H25ClN4O4/c19-11-4-3-5-12-14(11)21-18(20-6-9-22-7-1-2-8-22)23(12)17-16(26)15(25)13(10-24)27-17/h3-5,13,15-17,24-26H,1-2,6-10H2,(H,20,21)/t13-,15-,16-,17-/m0/s1. The SMILES string of the molecule is OC[C@@H]1O[C@H](n2c(NCCN3CCCC3)nc3c(Cl)cccc32)[C@@H](O)[C@H]1O. The summed E-state index contributed by atoms with van der Waals surface area (Å²) in [5.41, 5.74) is 1.29. The fourth-order valence-electron chi connectivity index (χ4n) is 3.89. The number of aliphatic hydroxyl groups is 3. The predicted octanol–water partition coefficient (Wildman–Crippen LogP) is 0.809. The molecule has 2 aliphatic rings. The molecule has 0 radical (unpaired) electrons. The number of nitrogens with zero attached hydrogens (tertiary/aromatic N) is 3. The van der Waals surface area contributed by atoms with Crippen molar-refractivity contribution in [3.05, 3.63) is 23.2 Å². The zero-order valence-electron chi connectivity index (χ0n) is 15.0. The van der Waals surface area contributed by atoms with E-state index in [1.807, 2.05) is 6.07 Å². The summed E-state index contributed by atoms with van der Waals surface area (Å²) in [5, 5.41) is 33.8. The van der Waals surface area contributed by atoms with Gasteiger partial charge in [-0.05, 0) is 38.1 Å². The van der Waals surface area contributed by atoms with E-state index in [1.54, 1.807) is 16.7 Å². The van der Waals surface area contributed by atoms with E-state index in [1.165, 1.54) is 12.8 Å². The highest BCUT2D eigenvalue weighted by Gasteiger charge is 2.44. The van der Waals surface area contributed by atoms with Gasteiger partial charge in [-0.1, -0.05) is 17.7 Å². The lowest BCUT2D eigenvalue weighted by molar-refractivity contribution is -0.0499. The Morgan fingerprint density at radius 2 is 2.00 bits per heavy atom. The number of ether oxygens (including phenoxy) is 1. The third-order valence-electron chi connectivity index (χ3n) is 5.35. The lowest BCUT2D eigenvalue weighted by atomic mass is 10.1. The second kappa shape index (κ2) is 7.90. The molecule has 4 atom stereocenters. The van der Waals surface area contributed by atoms with Gasteiger partial charge in [-0.25, -0.2) is 4.98 Å². The van der Waals surface area contributed by atoms with Crippen molar-refractivity contribution in [3.63, 3.8) is 0 Å². The van der Waals surface area contributed by atoms with Gasteiger partial charge >= 0.3 is 0 Å². The van der Waals surface area contributed by atoms with Crippen LogP contribution in [0.4, 0.5) is 5.95 Å². The number of fused-ring (bicyclic) bond motifs is 1. The molecule has 1 aromatic carbocycles. The summed E-state index contributed by atoms with van der Waals surface area (Å²) in [6.07, 6.45) is -1.60. The predicted molar refractivity (Wildman–Crippen MR) is 102 cm³/mol. The molecule has 3 heterocycles. The Morgan fingerprint density at radius 1 is 1.22 bits per heavy atom. The minimum absolute atomic E-state index is 0.375. The maximum atomic E-state index is 10.5. The normalized spacial score (nSPS) is 29.0. The molecule has 8 nitrogen and oxygen atoms in total. The summed E-state index contributed by atoms with van der Waals surface area (Å²) >= 11 is 6.30. The number of aromatic nitrogens is 2. The van der Waals surface area contributed by atoms with Gasteiger partial charge in [-0.3, -0.25) is 4.57 Å². The molecule has 0 saturated carbocycles. The van der Waals surface area contributed by atoms with E-state index in [2.05, 4.69) is 15.2 Å². The molecular formula is C18H25ClN4O4. The number of aliphatic hydroxyl groups excluding tert-OH is 3. The smallest absolute Gasteiger partial charge is 0.206 e. The van der Waals surface area contributed by atoms with Crippen LogP contribution in [0, 0.1) is 0 Å². The molecular weight excluding hydrogens is 372 g/mol. The molecule has 148 valence electrons. The molecule has 4 rings (SSSR count). The third-order valence-corrected chi connectivity index (χ3v) is 5.66. The van der Waals surface area contributed by atoms with Crippen molar-refractivity contribution in [1.82, 2.24) is 14.5 Å². The average Bonchev–Trinajstić information content (AvgIpc) is 3.36. The second-order valence-corrected chi connectivity index (χ2v) is 7.52. The maximum absolute atomic E-state index is 10.5. The molecule has 0 spiro atoms. The van der Waals surface area contributed by atoms with Crippen LogP contribution in [0.2, 0.25) is 5.02 Å². The van der Waals surface area contributed by atoms with Crippen LogP contribution in [0.25, 0.3) is 11.0 Å². The number of imidazole rings is 1. The minimum Gasteiger partial charge on any atom is -0.394 e. The first-order valence-corrected chi connectivity index (χ1v) is 9.73. The molecule has 0 bridgehead atoms. The van der Waals surface area contributed by atoms with E-state index in [0.717, 1.165) is 19.6 Å². The van der Waals surface area contributed by atoms with Crippen LogP contribution >= 0.6 is 11.6 Å². The number of para-hydroxylation sites is 1. The molecule has 4 N–H and O–H groups in total. The topological polar surface area (TPSA) is 103 Å². The number of halogens is 1. The van der Waals surface area contributed by atoms with E-state index >= 15 is 0 Å². The maximum Gasteiger partial charge on any atom is 0.206 e. The van der Waals surface area contributed by atoms with Crippen LogP contribution in [0.5, 0.6) is 0 Å². The number of likely N-dealkylation sites (tertiary alicyclic amines) is 1. The lowest BCUT2D eigenvalue weighted by Gasteiger charge is -2.21. The van der Waals surface area contributed by atoms with Crippen molar-refractivity contribution in [1.29, 1.82) is 0 Å². The van der Waals surface area contributed by atoms with Crippen molar-refractivity contribution in [3.8, 4) is 0 Å². The fraction of sp³-hybridized carbons (Fsp3) is 0.611. The van der Waals surface area contributed by atoms with Crippen LogP contribution < -0.4 is 5.32 Å². The minimum atomic E-state index is -1.18. The highest BCUT2D eigenvalue weighted by molar-refractivity contribution is 6.35. The Kier molecular flexibility index (Phi) is 5.54. The van der Waals surface area contributed by atoms with Gasteiger partial charge < -0.3 is 30.3 Å². The summed E-state index contributed by atoms with van der Waals surface area (Å²) in [6, 6.07) is 5.40. The molecule has 2 aromatic rings. The molecule has 2 fully saturated rings.